The number of benzene rings is 1. The van der Waals surface area contributed by atoms with Gasteiger partial charge < -0.3 is 0 Å². The van der Waals surface area contributed by atoms with E-state index in [-0.39, 0.29) is 11.1 Å². The van der Waals surface area contributed by atoms with Crippen LogP contribution in [0.1, 0.15) is 52.0 Å². The van der Waals surface area contributed by atoms with Gasteiger partial charge in [-0.15, -0.1) is 0 Å². The number of likely N-dealkylation sites (tertiary alicyclic amines) is 1. The Hall–Kier alpha value is -0.530. The Morgan fingerprint density at radius 3 is 2.39 bits per heavy atom. The molecule has 0 saturated carbocycles. The van der Waals surface area contributed by atoms with Gasteiger partial charge in [0.05, 0.1) is 0 Å². The van der Waals surface area contributed by atoms with Crippen LogP contribution in [0.2, 0.25) is 5.02 Å². The van der Waals surface area contributed by atoms with Crippen molar-refractivity contribution in [1.29, 1.82) is 0 Å². The van der Waals surface area contributed by atoms with Gasteiger partial charge in [-0.05, 0) is 59.2 Å². The van der Waals surface area contributed by atoms with E-state index in [9.17, 15) is 0 Å². The van der Waals surface area contributed by atoms with Gasteiger partial charge in [0.15, 0.2) is 0 Å². The minimum Gasteiger partial charge on any atom is -0.296 e. The second-order valence-corrected chi connectivity index (χ2v) is 7.05. The third-order valence-electron chi connectivity index (χ3n) is 4.95. The van der Waals surface area contributed by atoms with Crippen LogP contribution in [0, 0.1) is 0 Å². The van der Waals surface area contributed by atoms with Crippen molar-refractivity contribution in [3.63, 3.8) is 0 Å². The molecule has 1 aliphatic heterocycles. The highest BCUT2D eigenvalue weighted by atomic mass is 35.5. The van der Waals surface area contributed by atoms with Crippen molar-refractivity contribution in [1.82, 2.24) is 4.90 Å². The van der Waals surface area contributed by atoms with Gasteiger partial charge in [-0.1, -0.05) is 29.8 Å². The molecule has 1 heterocycles. The van der Waals surface area contributed by atoms with Crippen LogP contribution in [0.25, 0.3) is 0 Å². The summed E-state index contributed by atoms with van der Waals surface area (Å²) < 4.78 is 0. The summed E-state index contributed by atoms with van der Waals surface area (Å²) in [7, 11) is 2.24. The van der Waals surface area contributed by atoms with Crippen molar-refractivity contribution in [2.75, 3.05) is 7.05 Å². The average molecular weight is 266 g/mol. The molecule has 0 amide bonds. The topological polar surface area (TPSA) is 3.24 Å². The lowest BCUT2D eigenvalue weighted by Gasteiger charge is -2.55. The Balaban J connectivity index is 2.39. The van der Waals surface area contributed by atoms with Gasteiger partial charge in [0.25, 0.3) is 0 Å². The van der Waals surface area contributed by atoms with Crippen molar-refractivity contribution < 1.29 is 0 Å². The fourth-order valence-electron chi connectivity index (χ4n) is 3.33. The lowest BCUT2D eigenvalue weighted by molar-refractivity contribution is -0.0187. The van der Waals surface area contributed by atoms with Gasteiger partial charge in [0, 0.05) is 22.0 Å². The second kappa shape index (κ2) is 4.54. The molecule has 2 heteroatoms. The molecule has 1 saturated heterocycles. The number of rotatable bonds is 1. The zero-order chi connectivity index (χ0) is 13.6. The maximum atomic E-state index is 6.39. The Kier molecular flexibility index (Phi) is 3.50. The minimum atomic E-state index is 0.132. The van der Waals surface area contributed by atoms with Crippen LogP contribution >= 0.6 is 11.6 Å². The molecule has 0 aromatic heterocycles. The SMILES string of the molecule is CN1C(C)(C)CCC(c2ccccc2Cl)C1(C)C. The van der Waals surface area contributed by atoms with Gasteiger partial charge in [-0.3, -0.25) is 4.90 Å². The van der Waals surface area contributed by atoms with Crippen molar-refractivity contribution in [3.05, 3.63) is 34.9 Å². The van der Waals surface area contributed by atoms with Gasteiger partial charge >= 0.3 is 0 Å². The van der Waals surface area contributed by atoms with E-state index in [1.54, 1.807) is 0 Å². The van der Waals surface area contributed by atoms with Gasteiger partial charge in [-0.2, -0.15) is 0 Å². The summed E-state index contributed by atoms with van der Waals surface area (Å²) in [5.41, 5.74) is 1.69. The number of hydrogen-bond acceptors (Lipinski definition) is 1. The number of hydrogen-bond donors (Lipinski definition) is 0. The first kappa shape index (κ1) is 13.9. The molecule has 1 aromatic carbocycles. The van der Waals surface area contributed by atoms with Crippen molar-refractivity contribution in [2.45, 2.75) is 57.5 Å². The number of halogens is 1. The fraction of sp³-hybridized carbons (Fsp3) is 0.625. The Morgan fingerprint density at radius 1 is 1.17 bits per heavy atom. The summed E-state index contributed by atoms with van der Waals surface area (Å²) in [6.45, 7) is 9.33. The Morgan fingerprint density at radius 2 is 1.78 bits per heavy atom. The molecule has 1 fully saturated rings. The summed E-state index contributed by atoms with van der Waals surface area (Å²) in [5, 5.41) is 0.906. The molecule has 0 bridgehead atoms. The van der Waals surface area contributed by atoms with E-state index in [0.717, 1.165) is 5.02 Å². The quantitative estimate of drug-likeness (QED) is 0.711. The maximum absolute atomic E-state index is 6.39. The molecule has 1 aliphatic rings. The first-order valence-corrected chi connectivity index (χ1v) is 7.13. The molecule has 0 aliphatic carbocycles. The molecular weight excluding hydrogens is 242 g/mol. The van der Waals surface area contributed by atoms with Crippen LogP contribution in [0.5, 0.6) is 0 Å². The van der Waals surface area contributed by atoms with E-state index in [4.69, 9.17) is 11.6 Å². The molecule has 1 nitrogen and oxygen atoms in total. The Labute approximate surface area is 116 Å². The predicted octanol–water partition coefficient (Wildman–Crippen LogP) is 4.71. The zero-order valence-corrected chi connectivity index (χ0v) is 12.9. The van der Waals surface area contributed by atoms with Crippen LogP contribution < -0.4 is 0 Å². The maximum Gasteiger partial charge on any atom is 0.0441 e. The first-order valence-electron chi connectivity index (χ1n) is 6.75. The number of piperidine rings is 1. The summed E-state index contributed by atoms with van der Waals surface area (Å²) in [5.74, 6) is 0.504. The van der Waals surface area contributed by atoms with Crippen LogP contribution in [-0.2, 0) is 0 Å². The third-order valence-corrected chi connectivity index (χ3v) is 5.29. The van der Waals surface area contributed by atoms with E-state index in [0.29, 0.717) is 5.92 Å². The highest BCUT2D eigenvalue weighted by molar-refractivity contribution is 6.31. The minimum absolute atomic E-state index is 0.132. The molecule has 1 aromatic rings. The van der Waals surface area contributed by atoms with Crippen LogP contribution in [0.4, 0.5) is 0 Å². The van der Waals surface area contributed by atoms with Crippen LogP contribution in [-0.4, -0.2) is 23.0 Å². The Bertz CT molecular complexity index is 436. The molecule has 2 rings (SSSR count). The molecule has 100 valence electrons. The molecule has 0 spiro atoms. The second-order valence-electron chi connectivity index (χ2n) is 6.64. The monoisotopic (exact) mass is 265 g/mol. The summed E-state index contributed by atoms with van der Waals surface area (Å²) in [4.78, 5) is 2.51. The summed E-state index contributed by atoms with van der Waals surface area (Å²) in [6.07, 6.45) is 2.41. The first-order chi connectivity index (χ1) is 8.27. The standard InChI is InChI=1S/C16H24ClN/c1-15(2)11-10-13(16(3,4)18(15)5)12-8-6-7-9-14(12)17/h6-9,13H,10-11H2,1-5H3. The average Bonchev–Trinajstić information content (AvgIpc) is 2.28. The molecular formula is C16H24ClN. The predicted molar refractivity (Wildman–Crippen MR) is 79.3 cm³/mol. The highest BCUT2D eigenvalue weighted by Gasteiger charge is 2.45. The largest absolute Gasteiger partial charge is 0.296 e. The fourth-order valence-corrected chi connectivity index (χ4v) is 3.59. The van der Waals surface area contributed by atoms with Gasteiger partial charge in [0.2, 0.25) is 0 Å². The molecule has 1 unspecified atom stereocenters. The smallest absolute Gasteiger partial charge is 0.0441 e. The summed E-state index contributed by atoms with van der Waals surface area (Å²) >= 11 is 6.39. The normalized spacial score (nSPS) is 27.1. The zero-order valence-electron chi connectivity index (χ0n) is 12.1. The lowest BCUT2D eigenvalue weighted by Crippen LogP contribution is -2.59. The van der Waals surface area contributed by atoms with Crippen molar-refractivity contribution in [3.8, 4) is 0 Å². The van der Waals surface area contributed by atoms with E-state index < -0.39 is 0 Å². The molecule has 1 atom stereocenters. The molecule has 18 heavy (non-hydrogen) atoms. The van der Waals surface area contributed by atoms with E-state index in [2.05, 4.69) is 51.8 Å². The van der Waals surface area contributed by atoms with E-state index in [1.807, 2.05) is 12.1 Å². The summed E-state index contributed by atoms with van der Waals surface area (Å²) in [6, 6.07) is 8.29. The van der Waals surface area contributed by atoms with Crippen LogP contribution in [0.15, 0.2) is 24.3 Å². The molecule has 0 radical (unpaired) electrons. The number of likely N-dealkylation sites (N-methyl/N-ethyl adjacent to an activating group) is 1. The third kappa shape index (κ3) is 2.19. The number of nitrogens with zero attached hydrogens (tertiary/aromatic N) is 1. The van der Waals surface area contributed by atoms with E-state index in [1.165, 1.54) is 18.4 Å². The van der Waals surface area contributed by atoms with Gasteiger partial charge in [-0.25, -0.2) is 0 Å². The molecule has 0 N–H and O–H groups in total. The highest BCUT2D eigenvalue weighted by Crippen LogP contribution is 2.47. The van der Waals surface area contributed by atoms with E-state index >= 15 is 0 Å². The lowest BCUT2D eigenvalue weighted by atomic mass is 9.70. The van der Waals surface area contributed by atoms with Gasteiger partial charge in [0.1, 0.15) is 0 Å². The van der Waals surface area contributed by atoms with Crippen molar-refractivity contribution in [2.24, 2.45) is 0 Å². The van der Waals surface area contributed by atoms with Crippen molar-refractivity contribution >= 4 is 11.6 Å². The van der Waals surface area contributed by atoms with Crippen LogP contribution in [0.3, 0.4) is 0 Å².